The molecule has 0 saturated carbocycles. The first-order valence-electron chi connectivity index (χ1n) is 8.70. The minimum absolute atomic E-state index is 0.148. The van der Waals surface area contributed by atoms with Crippen LogP contribution in [0, 0.1) is 18.7 Å². The molecule has 2 aromatic carbocycles. The Morgan fingerprint density at radius 2 is 1.85 bits per heavy atom. The van der Waals surface area contributed by atoms with Crippen LogP contribution >= 0.6 is 0 Å². The monoisotopic (exact) mass is 355 g/mol. The highest BCUT2D eigenvalue weighted by Crippen LogP contribution is 2.20. The molecule has 0 aliphatic carbocycles. The summed E-state index contributed by atoms with van der Waals surface area (Å²) < 4.78 is 13.0. The first-order valence-corrected chi connectivity index (χ1v) is 8.70. The van der Waals surface area contributed by atoms with Crippen molar-refractivity contribution in [2.24, 2.45) is 5.92 Å². The van der Waals surface area contributed by atoms with E-state index in [1.54, 1.807) is 4.90 Å². The molecular formula is C20H22FN3O2. The number of aryl methyl sites for hydroxylation is 1. The van der Waals surface area contributed by atoms with E-state index in [1.807, 2.05) is 31.2 Å². The van der Waals surface area contributed by atoms with Crippen LogP contribution in [0.4, 0.5) is 20.6 Å². The van der Waals surface area contributed by atoms with E-state index in [4.69, 9.17) is 0 Å². The van der Waals surface area contributed by atoms with Crippen molar-refractivity contribution in [3.8, 4) is 0 Å². The van der Waals surface area contributed by atoms with E-state index in [0.717, 1.165) is 24.1 Å². The first kappa shape index (κ1) is 17.9. The summed E-state index contributed by atoms with van der Waals surface area (Å²) in [7, 11) is 0. The largest absolute Gasteiger partial charge is 0.326 e. The van der Waals surface area contributed by atoms with Gasteiger partial charge in [-0.15, -0.1) is 0 Å². The number of halogens is 1. The molecule has 3 rings (SSSR count). The van der Waals surface area contributed by atoms with E-state index in [0.29, 0.717) is 18.8 Å². The fourth-order valence-electron chi connectivity index (χ4n) is 3.08. The topological polar surface area (TPSA) is 61.4 Å². The minimum Gasteiger partial charge on any atom is -0.326 e. The molecule has 0 radical (unpaired) electrons. The summed E-state index contributed by atoms with van der Waals surface area (Å²) in [4.78, 5) is 26.6. The molecule has 1 heterocycles. The third kappa shape index (κ3) is 4.59. The molecule has 2 aromatic rings. The van der Waals surface area contributed by atoms with Crippen LogP contribution in [0.5, 0.6) is 0 Å². The maximum atomic E-state index is 13.0. The Labute approximate surface area is 152 Å². The molecule has 26 heavy (non-hydrogen) atoms. The van der Waals surface area contributed by atoms with E-state index >= 15 is 0 Å². The first-order chi connectivity index (χ1) is 12.5. The Morgan fingerprint density at radius 1 is 1.08 bits per heavy atom. The minimum atomic E-state index is -0.348. The Balaban J connectivity index is 1.58. The number of benzene rings is 2. The number of rotatable bonds is 3. The highest BCUT2D eigenvalue weighted by atomic mass is 19.1. The number of carbonyl (C=O) groups is 2. The third-order valence-electron chi connectivity index (χ3n) is 4.46. The quantitative estimate of drug-likeness (QED) is 0.874. The summed E-state index contributed by atoms with van der Waals surface area (Å²) >= 11 is 0. The average Bonchev–Trinajstić information content (AvgIpc) is 2.64. The standard InChI is InChI=1S/C20H22FN3O2/c1-14-4-2-6-18(12-14)23-20(26)24-11-3-5-15(13-24)19(25)22-17-9-7-16(21)8-10-17/h2,4,6-10,12,15H,3,5,11,13H2,1H3,(H,22,25)(H,23,26). The number of urea groups is 1. The van der Waals surface area contributed by atoms with Crippen molar-refractivity contribution in [3.05, 3.63) is 59.9 Å². The van der Waals surface area contributed by atoms with E-state index in [9.17, 15) is 14.0 Å². The van der Waals surface area contributed by atoms with Gasteiger partial charge >= 0.3 is 6.03 Å². The smallest absolute Gasteiger partial charge is 0.321 e. The Hall–Kier alpha value is -2.89. The number of nitrogens with one attached hydrogen (secondary N) is 2. The van der Waals surface area contributed by atoms with E-state index in [-0.39, 0.29) is 23.7 Å². The number of anilines is 2. The second-order valence-corrected chi connectivity index (χ2v) is 6.58. The lowest BCUT2D eigenvalue weighted by Gasteiger charge is -2.32. The summed E-state index contributed by atoms with van der Waals surface area (Å²) in [5, 5.41) is 5.67. The van der Waals surface area contributed by atoms with Crippen LogP contribution in [0.2, 0.25) is 0 Å². The SMILES string of the molecule is Cc1cccc(NC(=O)N2CCCC(C(=O)Nc3ccc(F)cc3)C2)c1. The zero-order valence-corrected chi connectivity index (χ0v) is 14.7. The van der Waals surface area contributed by atoms with Crippen LogP contribution in [-0.4, -0.2) is 29.9 Å². The zero-order chi connectivity index (χ0) is 18.5. The highest BCUT2D eigenvalue weighted by molar-refractivity contribution is 5.94. The van der Waals surface area contributed by atoms with E-state index < -0.39 is 0 Å². The van der Waals surface area contributed by atoms with Gasteiger partial charge in [0.1, 0.15) is 5.82 Å². The molecule has 1 fully saturated rings. The fourth-order valence-corrected chi connectivity index (χ4v) is 3.08. The lowest BCUT2D eigenvalue weighted by atomic mass is 9.97. The van der Waals surface area contributed by atoms with Crippen LogP contribution in [0.15, 0.2) is 48.5 Å². The van der Waals surface area contributed by atoms with Crippen molar-refractivity contribution in [3.63, 3.8) is 0 Å². The fraction of sp³-hybridized carbons (Fsp3) is 0.300. The van der Waals surface area contributed by atoms with Crippen LogP contribution in [0.1, 0.15) is 18.4 Å². The molecule has 0 spiro atoms. The lowest BCUT2D eigenvalue weighted by molar-refractivity contribution is -0.121. The summed E-state index contributed by atoms with van der Waals surface area (Å²) in [5.74, 6) is -0.776. The molecule has 1 unspecified atom stereocenters. The summed E-state index contributed by atoms with van der Waals surface area (Å²) in [6.07, 6.45) is 1.49. The molecule has 1 aliphatic heterocycles. The van der Waals surface area contributed by atoms with Crippen LogP contribution in [-0.2, 0) is 4.79 Å². The van der Waals surface area contributed by atoms with Gasteiger partial charge in [0.2, 0.25) is 5.91 Å². The van der Waals surface area contributed by atoms with Crippen molar-refractivity contribution in [2.75, 3.05) is 23.7 Å². The van der Waals surface area contributed by atoms with Gasteiger partial charge in [0, 0.05) is 24.5 Å². The second-order valence-electron chi connectivity index (χ2n) is 6.58. The molecule has 2 N–H and O–H groups in total. The zero-order valence-electron chi connectivity index (χ0n) is 14.7. The van der Waals surface area contributed by atoms with Crippen molar-refractivity contribution >= 4 is 23.3 Å². The summed E-state index contributed by atoms with van der Waals surface area (Å²) in [6, 6.07) is 13.1. The van der Waals surface area contributed by atoms with E-state index in [1.165, 1.54) is 24.3 Å². The van der Waals surface area contributed by atoms with Gasteiger partial charge in [-0.2, -0.15) is 0 Å². The van der Waals surface area contributed by atoms with Gasteiger partial charge in [-0.3, -0.25) is 4.79 Å². The summed E-state index contributed by atoms with van der Waals surface area (Å²) in [5.41, 5.74) is 2.36. The van der Waals surface area contributed by atoms with E-state index in [2.05, 4.69) is 10.6 Å². The van der Waals surface area contributed by atoms with Gasteiger partial charge in [-0.25, -0.2) is 9.18 Å². The van der Waals surface area contributed by atoms with Crippen LogP contribution in [0.25, 0.3) is 0 Å². The second kappa shape index (κ2) is 7.99. The third-order valence-corrected chi connectivity index (χ3v) is 4.46. The van der Waals surface area contributed by atoms with Gasteiger partial charge < -0.3 is 15.5 Å². The highest BCUT2D eigenvalue weighted by Gasteiger charge is 2.28. The molecule has 5 nitrogen and oxygen atoms in total. The molecule has 136 valence electrons. The predicted molar refractivity (Wildman–Crippen MR) is 99.5 cm³/mol. The average molecular weight is 355 g/mol. The molecule has 1 aliphatic rings. The van der Waals surface area contributed by atoms with Gasteiger partial charge in [0.25, 0.3) is 0 Å². The number of hydrogen-bond donors (Lipinski definition) is 2. The van der Waals surface area contributed by atoms with Crippen molar-refractivity contribution in [1.82, 2.24) is 4.90 Å². The molecule has 3 amide bonds. The molecule has 0 aromatic heterocycles. The van der Waals surface area contributed by atoms with Gasteiger partial charge in [-0.05, 0) is 61.7 Å². The molecule has 0 bridgehead atoms. The molecule has 6 heteroatoms. The molecule has 1 saturated heterocycles. The van der Waals surface area contributed by atoms with Crippen molar-refractivity contribution in [2.45, 2.75) is 19.8 Å². The van der Waals surface area contributed by atoms with Gasteiger partial charge in [-0.1, -0.05) is 12.1 Å². The Morgan fingerprint density at radius 3 is 2.58 bits per heavy atom. The number of amides is 3. The number of carbonyl (C=O) groups excluding carboxylic acids is 2. The maximum absolute atomic E-state index is 13.0. The Bertz CT molecular complexity index is 792. The van der Waals surface area contributed by atoms with Crippen molar-refractivity contribution < 1.29 is 14.0 Å². The summed E-state index contributed by atoms with van der Waals surface area (Å²) in [6.45, 7) is 2.95. The van der Waals surface area contributed by atoms with Gasteiger partial charge in [0.15, 0.2) is 0 Å². The molecular weight excluding hydrogens is 333 g/mol. The van der Waals surface area contributed by atoms with Gasteiger partial charge in [0.05, 0.1) is 5.92 Å². The normalized spacial score (nSPS) is 16.8. The number of piperidine rings is 1. The lowest BCUT2D eigenvalue weighted by Crippen LogP contribution is -2.45. The van der Waals surface area contributed by atoms with Crippen LogP contribution in [0.3, 0.4) is 0 Å². The van der Waals surface area contributed by atoms with Crippen LogP contribution < -0.4 is 10.6 Å². The molecule has 1 atom stereocenters. The Kier molecular flexibility index (Phi) is 5.51. The number of likely N-dealkylation sites (tertiary alicyclic amines) is 1. The number of nitrogens with zero attached hydrogens (tertiary/aromatic N) is 1. The number of hydrogen-bond acceptors (Lipinski definition) is 2. The van der Waals surface area contributed by atoms with Crippen molar-refractivity contribution in [1.29, 1.82) is 0 Å². The predicted octanol–water partition coefficient (Wildman–Crippen LogP) is 4.02. The maximum Gasteiger partial charge on any atom is 0.321 e.